The van der Waals surface area contributed by atoms with Crippen molar-refractivity contribution in [1.29, 1.82) is 0 Å². The molecule has 0 fully saturated rings. The van der Waals surface area contributed by atoms with Crippen molar-refractivity contribution < 1.29 is 24.1 Å². The number of esters is 1. The first-order chi connectivity index (χ1) is 8.86. The molecule has 0 bridgehead atoms. The smallest absolute Gasteiger partial charge is 0.308 e. The van der Waals surface area contributed by atoms with Crippen LogP contribution in [0.2, 0.25) is 5.02 Å². The first-order valence-corrected chi connectivity index (χ1v) is 6.21. The van der Waals surface area contributed by atoms with E-state index >= 15 is 0 Å². The Hall–Kier alpha value is -1.17. The van der Waals surface area contributed by atoms with Crippen molar-refractivity contribution in [2.45, 2.75) is 32.5 Å². The van der Waals surface area contributed by atoms with Crippen LogP contribution in [0.25, 0.3) is 0 Å². The molecule has 0 saturated carbocycles. The van der Waals surface area contributed by atoms with Crippen LogP contribution in [-0.2, 0) is 9.53 Å². The molecule has 2 N–H and O–H groups in total. The zero-order valence-electron chi connectivity index (χ0n) is 10.7. The van der Waals surface area contributed by atoms with Crippen LogP contribution in [-0.4, -0.2) is 28.9 Å². The Bertz CT molecular complexity index is 464. The number of aliphatic hydroxyl groups excluding tert-OH is 2. The van der Waals surface area contributed by atoms with E-state index in [4.69, 9.17) is 11.6 Å². The summed E-state index contributed by atoms with van der Waals surface area (Å²) in [5, 5.41) is 19.7. The van der Waals surface area contributed by atoms with Gasteiger partial charge >= 0.3 is 5.97 Å². The molecule has 1 rings (SSSR count). The van der Waals surface area contributed by atoms with Gasteiger partial charge in [-0.25, -0.2) is 4.39 Å². The summed E-state index contributed by atoms with van der Waals surface area (Å²) in [5.41, 5.74) is 0.377. The molecule has 1 aromatic carbocycles. The average molecular weight is 291 g/mol. The summed E-state index contributed by atoms with van der Waals surface area (Å²) < 4.78 is 18.1. The van der Waals surface area contributed by atoms with Crippen LogP contribution in [0.5, 0.6) is 0 Å². The molecule has 0 aliphatic carbocycles. The second kappa shape index (κ2) is 6.84. The van der Waals surface area contributed by atoms with E-state index in [0.717, 1.165) is 6.07 Å². The molecule has 0 saturated heterocycles. The highest BCUT2D eigenvalue weighted by molar-refractivity contribution is 6.31. The minimum Gasteiger partial charge on any atom is -0.466 e. The number of hydrogen-bond acceptors (Lipinski definition) is 4. The second-order valence-electron chi connectivity index (χ2n) is 4.14. The maximum Gasteiger partial charge on any atom is 0.308 e. The molecular formula is C13H16ClFO4. The molecule has 0 spiro atoms. The number of rotatable bonds is 5. The Balaban J connectivity index is 2.85. The van der Waals surface area contributed by atoms with Gasteiger partial charge in [-0.3, -0.25) is 4.79 Å². The van der Waals surface area contributed by atoms with Gasteiger partial charge in [0.15, 0.2) is 0 Å². The van der Waals surface area contributed by atoms with Crippen LogP contribution in [0.4, 0.5) is 4.39 Å². The average Bonchev–Trinajstić information content (AvgIpc) is 2.33. The van der Waals surface area contributed by atoms with Crippen LogP contribution in [0, 0.1) is 12.7 Å². The fourth-order valence-electron chi connectivity index (χ4n) is 1.60. The van der Waals surface area contributed by atoms with Crippen molar-refractivity contribution in [3.05, 3.63) is 34.1 Å². The van der Waals surface area contributed by atoms with E-state index in [2.05, 4.69) is 4.74 Å². The molecule has 2 unspecified atom stereocenters. The lowest BCUT2D eigenvalue weighted by Crippen LogP contribution is -2.23. The summed E-state index contributed by atoms with van der Waals surface area (Å²) in [6.07, 6.45) is -3.24. The molecule has 4 nitrogen and oxygen atoms in total. The standard InChI is InChI=1S/C13H16ClFO4/c1-3-19-12(17)6-11(16)13(18)8-5-10(15)7(2)4-9(8)14/h4-5,11,13,16,18H,3,6H2,1-2H3. The van der Waals surface area contributed by atoms with Gasteiger partial charge in [-0.2, -0.15) is 0 Å². The van der Waals surface area contributed by atoms with Crippen LogP contribution in [0.3, 0.4) is 0 Å². The molecule has 6 heteroatoms. The Kier molecular flexibility index (Phi) is 5.72. The zero-order chi connectivity index (χ0) is 14.6. The Morgan fingerprint density at radius 2 is 2.11 bits per heavy atom. The van der Waals surface area contributed by atoms with E-state index in [1.54, 1.807) is 6.92 Å². The molecule has 0 aliphatic rings. The van der Waals surface area contributed by atoms with Gasteiger partial charge in [0.25, 0.3) is 0 Å². The van der Waals surface area contributed by atoms with Crippen molar-refractivity contribution in [1.82, 2.24) is 0 Å². The number of aliphatic hydroxyl groups is 2. The van der Waals surface area contributed by atoms with E-state index in [-0.39, 0.29) is 23.6 Å². The van der Waals surface area contributed by atoms with Gasteiger partial charge in [0, 0.05) is 10.6 Å². The minimum atomic E-state index is -1.45. The maximum atomic E-state index is 13.4. The number of carbonyl (C=O) groups excluding carboxylic acids is 1. The highest BCUT2D eigenvalue weighted by Gasteiger charge is 2.24. The van der Waals surface area contributed by atoms with Crippen molar-refractivity contribution >= 4 is 17.6 Å². The van der Waals surface area contributed by atoms with E-state index in [9.17, 15) is 19.4 Å². The number of aryl methyl sites for hydroxylation is 1. The summed E-state index contributed by atoms with van der Waals surface area (Å²) in [6.45, 7) is 3.35. The van der Waals surface area contributed by atoms with Gasteiger partial charge in [0.05, 0.1) is 19.1 Å². The van der Waals surface area contributed by atoms with Crippen LogP contribution >= 0.6 is 11.6 Å². The van der Waals surface area contributed by atoms with Crippen molar-refractivity contribution in [2.24, 2.45) is 0 Å². The third-order valence-corrected chi connectivity index (χ3v) is 2.97. The number of carbonyl (C=O) groups is 1. The largest absolute Gasteiger partial charge is 0.466 e. The molecule has 0 amide bonds. The van der Waals surface area contributed by atoms with E-state index in [1.165, 1.54) is 13.0 Å². The molecule has 0 aromatic heterocycles. The lowest BCUT2D eigenvalue weighted by Gasteiger charge is -2.19. The number of benzene rings is 1. The highest BCUT2D eigenvalue weighted by Crippen LogP contribution is 2.29. The molecule has 19 heavy (non-hydrogen) atoms. The summed E-state index contributed by atoms with van der Waals surface area (Å²) in [6, 6.07) is 2.41. The lowest BCUT2D eigenvalue weighted by molar-refractivity contribution is -0.147. The van der Waals surface area contributed by atoms with Gasteiger partial charge in [-0.1, -0.05) is 11.6 Å². The Morgan fingerprint density at radius 1 is 1.47 bits per heavy atom. The summed E-state index contributed by atoms with van der Waals surface area (Å²) in [5.74, 6) is -1.18. The highest BCUT2D eigenvalue weighted by atomic mass is 35.5. The first kappa shape index (κ1) is 15.9. The molecule has 0 aliphatic heterocycles. The minimum absolute atomic E-state index is 0.0431. The number of ether oxygens (including phenoxy) is 1. The van der Waals surface area contributed by atoms with E-state index in [1.807, 2.05) is 0 Å². The van der Waals surface area contributed by atoms with Gasteiger partial charge in [0.1, 0.15) is 11.9 Å². The Labute approximate surface area is 115 Å². The van der Waals surface area contributed by atoms with Crippen molar-refractivity contribution in [3.63, 3.8) is 0 Å². The summed E-state index contributed by atoms with van der Waals surface area (Å²) >= 11 is 5.88. The van der Waals surface area contributed by atoms with Crippen LogP contribution in [0.15, 0.2) is 12.1 Å². The molecule has 1 aromatic rings. The van der Waals surface area contributed by atoms with Crippen LogP contribution in [0.1, 0.15) is 30.6 Å². The topological polar surface area (TPSA) is 66.8 Å². The van der Waals surface area contributed by atoms with Gasteiger partial charge < -0.3 is 14.9 Å². The number of hydrogen-bond donors (Lipinski definition) is 2. The molecular weight excluding hydrogens is 275 g/mol. The molecule has 0 radical (unpaired) electrons. The van der Waals surface area contributed by atoms with Crippen molar-refractivity contribution in [3.8, 4) is 0 Å². The van der Waals surface area contributed by atoms with Gasteiger partial charge in [-0.05, 0) is 31.5 Å². The lowest BCUT2D eigenvalue weighted by atomic mass is 10.0. The summed E-state index contributed by atoms with van der Waals surface area (Å²) in [7, 11) is 0. The SMILES string of the molecule is CCOC(=O)CC(O)C(O)c1cc(F)c(C)cc1Cl. The maximum absolute atomic E-state index is 13.4. The van der Waals surface area contributed by atoms with Gasteiger partial charge in [-0.15, -0.1) is 0 Å². The fraction of sp³-hybridized carbons (Fsp3) is 0.462. The van der Waals surface area contributed by atoms with Crippen LogP contribution < -0.4 is 0 Å². The Morgan fingerprint density at radius 3 is 2.68 bits per heavy atom. The monoisotopic (exact) mass is 290 g/mol. The second-order valence-corrected chi connectivity index (χ2v) is 4.55. The predicted octanol–water partition coefficient (Wildman–Crippen LogP) is 2.14. The molecule has 0 heterocycles. The van der Waals surface area contributed by atoms with Crippen molar-refractivity contribution in [2.75, 3.05) is 6.61 Å². The fourth-order valence-corrected chi connectivity index (χ4v) is 1.93. The third-order valence-electron chi connectivity index (χ3n) is 2.64. The first-order valence-electron chi connectivity index (χ1n) is 5.84. The van der Waals surface area contributed by atoms with E-state index in [0.29, 0.717) is 5.56 Å². The third kappa shape index (κ3) is 4.16. The quantitative estimate of drug-likeness (QED) is 0.815. The summed E-state index contributed by atoms with van der Waals surface area (Å²) in [4.78, 5) is 11.2. The molecule has 2 atom stereocenters. The normalized spacial score (nSPS) is 14.0. The molecule has 106 valence electrons. The van der Waals surface area contributed by atoms with E-state index < -0.39 is 24.0 Å². The zero-order valence-corrected chi connectivity index (χ0v) is 11.4. The number of halogens is 2. The predicted molar refractivity (Wildman–Crippen MR) is 68.4 cm³/mol. The van der Waals surface area contributed by atoms with Gasteiger partial charge in [0.2, 0.25) is 0 Å².